The Bertz CT molecular complexity index is 903. The highest BCUT2D eigenvalue weighted by Gasteiger charge is 2.25. The number of aromatic hydroxyl groups is 1. The molecule has 3 N–H and O–H groups in total. The van der Waals surface area contributed by atoms with Crippen LogP contribution in [0.2, 0.25) is 0 Å². The van der Waals surface area contributed by atoms with Crippen molar-refractivity contribution in [3.8, 4) is 17.3 Å². The minimum absolute atomic E-state index is 0.0320. The summed E-state index contributed by atoms with van der Waals surface area (Å²) in [6, 6.07) is 3.03. The highest BCUT2D eigenvalue weighted by atomic mass is 16.5. The summed E-state index contributed by atoms with van der Waals surface area (Å²) in [4.78, 5) is 32.1. The molecule has 0 saturated carbocycles. The molecule has 3 rings (SSSR count). The fraction of sp³-hybridized carbons (Fsp3) is 0.421. The van der Waals surface area contributed by atoms with Crippen molar-refractivity contribution in [3.05, 3.63) is 35.5 Å². The number of carboxylic acid groups (broad SMARTS) is 1. The Morgan fingerprint density at radius 1 is 1.39 bits per heavy atom. The lowest BCUT2D eigenvalue weighted by atomic mass is 9.88. The summed E-state index contributed by atoms with van der Waals surface area (Å²) >= 11 is 0. The van der Waals surface area contributed by atoms with Crippen molar-refractivity contribution in [2.24, 2.45) is 5.92 Å². The number of aliphatic carboxylic acids is 1. The van der Waals surface area contributed by atoms with Crippen LogP contribution in [-0.4, -0.2) is 37.2 Å². The van der Waals surface area contributed by atoms with Crippen molar-refractivity contribution in [1.82, 2.24) is 20.4 Å². The third-order valence-electron chi connectivity index (χ3n) is 4.68. The molecule has 0 radical (unpaired) electrons. The first-order chi connectivity index (χ1) is 13.3. The summed E-state index contributed by atoms with van der Waals surface area (Å²) in [6.07, 6.45) is 3.15. The number of allylic oxidation sites excluding steroid dienone is 1. The predicted molar refractivity (Wildman–Crippen MR) is 98.0 cm³/mol. The zero-order chi connectivity index (χ0) is 20.3. The quantitative estimate of drug-likeness (QED) is 0.688. The molecule has 1 aliphatic carbocycles. The first-order valence-electron chi connectivity index (χ1n) is 9.07. The zero-order valence-corrected chi connectivity index (χ0v) is 15.7. The van der Waals surface area contributed by atoms with Gasteiger partial charge in [-0.3, -0.25) is 4.79 Å². The number of carboxylic acids is 1. The standard InChI is InChI=1S/C19H22N4O5/c1-10-3-5-13(19(26)27)15(7-10)21-16(25)8-11(2)18-22-17(23-28-18)14-6-4-12(24)9-20-14/h4,6,9-11,24H,3,5,7-8H2,1-2H3,(H,21,25)(H,26,27)/t10-,11?/m1/s1. The van der Waals surface area contributed by atoms with Crippen LogP contribution in [0.5, 0.6) is 5.75 Å². The SMILES string of the molecule is CC(CC(=O)NC1=C(C(=O)O)CC[C@@H](C)C1)c1nc(-c2ccc(O)cn2)no1. The van der Waals surface area contributed by atoms with Crippen molar-refractivity contribution in [1.29, 1.82) is 0 Å². The van der Waals surface area contributed by atoms with E-state index in [1.165, 1.54) is 12.3 Å². The Labute approximate surface area is 161 Å². The highest BCUT2D eigenvalue weighted by Crippen LogP contribution is 2.28. The number of carbonyl (C=O) groups is 2. The van der Waals surface area contributed by atoms with Crippen LogP contribution in [0.15, 0.2) is 34.1 Å². The van der Waals surface area contributed by atoms with Gasteiger partial charge in [-0.05, 0) is 37.3 Å². The van der Waals surface area contributed by atoms with Crippen LogP contribution in [0.3, 0.4) is 0 Å². The molecule has 1 aliphatic rings. The maximum absolute atomic E-state index is 12.4. The Hall–Kier alpha value is -3.23. The second-order valence-corrected chi connectivity index (χ2v) is 7.12. The summed E-state index contributed by atoms with van der Waals surface area (Å²) in [5, 5.41) is 25.2. The number of nitrogens with one attached hydrogen (secondary N) is 1. The highest BCUT2D eigenvalue weighted by molar-refractivity contribution is 5.89. The van der Waals surface area contributed by atoms with Gasteiger partial charge >= 0.3 is 5.97 Å². The number of nitrogens with zero attached hydrogens (tertiary/aromatic N) is 3. The van der Waals surface area contributed by atoms with Crippen LogP contribution < -0.4 is 5.32 Å². The number of rotatable bonds is 6. The van der Waals surface area contributed by atoms with Crippen molar-refractivity contribution in [2.75, 3.05) is 0 Å². The number of hydrogen-bond donors (Lipinski definition) is 3. The van der Waals surface area contributed by atoms with Gasteiger partial charge in [0.05, 0.1) is 11.8 Å². The van der Waals surface area contributed by atoms with E-state index in [0.717, 1.165) is 6.42 Å². The fourth-order valence-corrected chi connectivity index (χ4v) is 3.12. The molecule has 2 heterocycles. The number of amides is 1. The Morgan fingerprint density at radius 3 is 2.86 bits per heavy atom. The summed E-state index contributed by atoms with van der Waals surface area (Å²) in [5.74, 6) is -0.732. The molecule has 9 heteroatoms. The summed E-state index contributed by atoms with van der Waals surface area (Å²) in [5.41, 5.74) is 1.21. The number of hydrogen-bond acceptors (Lipinski definition) is 7. The maximum atomic E-state index is 12.4. The Balaban J connectivity index is 1.66. The maximum Gasteiger partial charge on any atom is 0.333 e. The first kappa shape index (κ1) is 19.5. The topological polar surface area (TPSA) is 138 Å². The van der Waals surface area contributed by atoms with Gasteiger partial charge in [0.2, 0.25) is 17.6 Å². The first-order valence-corrected chi connectivity index (χ1v) is 9.07. The van der Waals surface area contributed by atoms with E-state index in [4.69, 9.17) is 4.52 Å². The minimum atomic E-state index is -0.988. The van der Waals surface area contributed by atoms with E-state index in [0.29, 0.717) is 30.2 Å². The summed E-state index contributed by atoms with van der Waals surface area (Å²) in [7, 11) is 0. The van der Waals surface area contributed by atoms with Gasteiger partial charge in [0.15, 0.2) is 0 Å². The van der Waals surface area contributed by atoms with Gasteiger partial charge < -0.3 is 20.1 Å². The van der Waals surface area contributed by atoms with Gasteiger partial charge in [-0.2, -0.15) is 4.98 Å². The predicted octanol–water partition coefficient (Wildman–Crippen LogP) is 2.61. The molecule has 0 spiro atoms. The largest absolute Gasteiger partial charge is 0.506 e. The fourth-order valence-electron chi connectivity index (χ4n) is 3.12. The average Bonchev–Trinajstić information content (AvgIpc) is 3.12. The van der Waals surface area contributed by atoms with Crippen LogP contribution in [0.1, 0.15) is 51.3 Å². The second kappa shape index (κ2) is 8.20. The monoisotopic (exact) mass is 386 g/mol. The second-order valence-electron chi connectivity index (χ2n) is 7.12. The lowest BCUT2D eigenvalue weighted by Gasteiger charge is -2.23. The van der Waals surface area contributed by atoms with Crippen LogP contribution in [0.4, 0.5) is 0 Å². The van der Waals surface area contributed by atoms with Crippen molar-refractivity contribution < 1.29 is 24.3 Å². The molecule has 0 bridgehead atoms. The van der Waals surface area contributed by atoms with E-state index < -0.39 is 5.97 Å². The molecule has 0 aromatic carbocycles. The van der Waals surface area contributed by atoms with E-state index in [-0.39, 0.29) is 41.3 Å². The van der Waals surface area contributed by atoms with Crippen LogP contribution in [0.25, 0.3) is 11.5 Å². The zero-order valence-electron chi connectivity index (χ0n) is 15.7. The molecular formula is C19H22N4O5. The lowest BCUT2D eigenvalue weighted by molar-refractivity contribution is -0.133. The van der Waals surface area contributed by atoms with Gasteiger partial charge in [-0.1, -0.05) is 19.0 Å². The summed E-state index contributed by atoms with van der Waals surface area (Å²) < 4.78 is 5.23. The molecule has 2 atom stereocenters. The molecule has 28 heavy (non-hydrogen) atoms. The Morgan fingerprint density at radius 2 is 2.18 bits per heavy atom. The lowest BCUT2D eigenvalue weighted by Crippen LogP contribution is -2.29. The number of aromatic nitrogens is 3. The molecule has 1 unspecified atom stereocenters. The van der Waals surface area contributed by atoms with Gasteiger partial charge in [-0.25, -0.2) is 9.78 Å². The molecule has 1 amide bonds. The molecule has 2 aromatic heterocycles. The molecular weight excluding hydrogens is 364 g/mol. The van der Waals surface area contributed by atoms with Crippen LogP contribution in [-0.2, 0) is 9.59 Å². The average molecular weight is 386 g/mol. The molecule has 2 aromatic rings. The van der Waals surface area contributed by atoms with Gasteiger partial charge in [0.25, 0.3) is 0 Å². The number of carbonyl (C=O) groups excluding carboxylic acids is 1. The van der Waals surface area contributed by atoms with Gasteiger partial charge in [0, 0.05) is 18.0 Å². The van der Waals surface area contributed by atoms with Crippen molar-refractivity contribution in [2.45, 2.75) is 45.4 Å². The van der Waals surface area contributed by atoms with E-state index in [1.807, 2.05) is 6.92 Å². The van der Waals surface area contributed by atoms with Crippen molar-refractivity contribution in [3.63, 3.8) is 0 Å². The minimum Gasteiger partial charge on any atom is -0.506 e. The third-order valence-corrected chi connectivity index (χ3v) is 4.68. The van der Waals surface area contributed by atoms with Crippen LogP contribution >= 0.6 is 0 Å². The summed E-state index contributed by atoms with van der Waals surface area (Å²) in [6.45, 7) is 3.81. The molecule has 0 aliphatic heterocycles. The molecule has 148 valence electrons. The van der Waals surface area contributed by atoms with Crippen molar-refractivity contribution >= 4 is 11.9 Å². The van der Waals surface area contributed by atoms with E-state index in [2.05, 4.69) is 20.4 Å². The Kier molecular flexibility index (Phi) is 5.72. The van der Waals surface area contributed by atoms with E-state index in [9.17, 15) is 19.8 Å². The van der Waals surface area contributed by atoms with Gasteiger partial charge in [0.1, 0.15) is 11.4 Å². The smallest absolute Gasteiger partial charge is 0.333 e. The molecule has 0 saturated heterocycles. The van der Waals surface area contributed by atoms with E-state index >= 15 is 0 Å². The molecule has 9 nitrogen and oxygen atoms in total. The van der Waals surface area contributed by atoms with E-state index in [1.54, 1.807) is 13.0 Å². The number of pyridine rings is 1. The molecule has 0 fully saturated rings. The third kappa shape index (κ3) is 4.54. The van der Waals surface area contributed by atoms with Gasteiger partial charge in [-0.15, -0.1) is 0 Å². The normalized spacial score (nSPS) is 18.0. The van der Waals surface area contributed by atoms with Crippen LogP contribution in [0, 0.1) is 5.92 Å².